The number of aromatic nitrogens is 2. The van der Waals surface area contributed by atoms with E-state index >= 15 is 0 Å². The van der Waals surface area contributed by atoms with Crippen LogP contribution < -0.4 is 11.1 Å². The third kappa shape index (κ3) is 2.91. The third-order valence-electron chi connectivity index (χ3n) is 2.55. The van der Waals surface area contributed by atoms with Crippen LogP contribution in [0.4, 0.5) is 11.6 Å². The Morgan fingerprint density at radius 3 is 2.78 bits per heavy atom. The number of nitrogen functional groups attached to an aromatic ring is 1. The maximum atomic E-state index is 5.89. The quantitative estimate of drug-likeness (QED) is 0.901. The summed E-state index contributed by atoms with van der Waals surface area (Å²) in [5, 5.41) is 3.29. The summed E-state index contributed by atoms with van der Waals surface area (Å²) in [6.07, 6.45) is 1.48. The predicted molar refractivity (Wildman–Crippen MR) is 77.2 cm³/mol. The van der Waals surface area contributed by atoms with Crippen molar-refractivity contribution in [3.05, 3.63) is 33.2 Å². The topological polar surface area (TPSA) is 63.8 Å². The Hall–Kier alpha value is -1.33. The average molecular weight is 283 g/mol. The van der Waals surface area contributed by atoms with Crippen molar-refractivity contribution in [1.82, 2.24) is 9.97 Å². The smallest absolute Gasteiger partial charge is 0.135 e. The molecule has 18 heavy (non-hydrogen) atoms. The summed E-state index contributed by atoms with van der Waals surface area (Å²) in [4.78, 5) is 9.44. The molecule has 2 rings (SSSR count). The van der Waals surface area contributed by atoms with Crippen LogP contribution in [0.2, 0.25) is 4.34 Å². The van der Waals surface area contributed by atoms with Gasteiger partial charge in [0.1, 0.15) is 18.0 Å². The van der Waals surface area contributed by atoms with E-state index < -0.39 is 0 Å². The number of thiophene rings is 1. The van der Waals surface area contributed by atoms with Crippen molar-refractivity contribution >= 4 is 34.6 Å². The van der Waals surface area contributed by atoms with E-state index in [0.717, 1.165) is 20.6 Å². The van der Waals surface area contributed by atoms with E-state index in [1.165, 1.54) is 6.33 Å². The molecule has 0 aliphatic rings. The maximum Gasteiger partial charge on any atom is 0.135 e. The molecule has 96 valence electrons. The first-order chi connectivity index (χ1) is 8.58. The lowest BCUT2D eigenvalue weighted by Crippen LogP contribution is -2.08. The highest BCUT2D eigenvalue weighted by atomic mass is 35.5. The van der Waals surface area contributed by atoms with Gasteiger partial charge in [-0.3, -0.25) is 0 Å². The summed E-state index contributed by atoms with van der Waals surface area (Å²) >= 11 is 7.45. The largest absolute Gasteiger partial charge is 0.383 e. The minimum atomic E-state index is 0.278. The molecule has 0 atom stereocenters. The molecule has 0 amide bonds. The zero-order chi connectivity index (χ0) is 13.1. The average Bonchev–Trinajstić information content (AvgIpc) is 2.72. The van der Waals surface area contributed by atoms with Gasteiger partial charge in [-0.2, -0.15) is 0 Å². The van der Waals surface area contributed by atoms with E-state index in [0.29, 0.717) is 12.4 Å². The van der Waals surface area contributed by atoms with E-state index in [1.807, 2.05) is 12.1 Å². The van der Waals surface area contributed by atoms with Crippen molar-refractivity contribution in [2.24, 2.45) is 0 Å². The first kappa shape index (κ1) is 13.1. The minimum absolute atomic E-state index is 0.278. The number of hydrogen-bond acceptors (Lipinski definition) is 5. The summed E-state index contributed by atoms with van der Waals surface area (Å²) in [5.74, 6) is 1.61. The Labute approximate surface area is 115 Å². The Bertz CT molecular complexity index is 539. The van der Waals surface area contributed by atoms with Gasteiger partial charge < -0.3 is 11.1 Å². The summed E-state index contributed by atoms with van der Waals surface area (Å²) in [5.41, 5.74) is 6.84. The lowest BCUT2D eigenvalue weighted by Gasteiger charge is -2.14. The zero-order valence-electron chi connectivity index (χ0n) is 10.3. The van der Waals surface area contributed by atoms with Gasteiger partial charge in [0.15, 0.2) is 0 Å². The molecular weight excluding hydrogens is 268 g/mol. The summed E-state index contributed by atoms with van der Waals surface area (Å²) in [7, 11) is 0. The molecule has 0 saturated heterocycles. The van der Waals surface area contributed by atoms with Crippen LogP contribution in [-0.4, -0.2) is 9.97 Å². The SMILES string of the molecule is CC(C)c1c(N)ncnc1NCc1ccc(Cl)s1. The number of halogens is 1. The van der Waals surface area contributed by atoms with E-state index in [4.69, 9.17) is 17.3 Å². The number of nitrogens with two attached hydrogens (primary N) is 1. The van der Waals surface area contributed by atoms with Gasteiger partial charge in [0.2, 0.25) is 0 Å². The fourth-order valence-corrected chi connectivity index (χ4v) is 2.76. The van der Waals surface area contributed by atoms with E-state index in [-0.39, 0.29) is 5.92 Å². The van der Waals surface area contributed by atoms with Gasteiger partial charge in [0.25, 0.3) is 0 Å². The normalized spacial score (nSPS) is 10.9. The highest BCUT2D eigenvalue weighted by molar-refractivity contribution is 7.16. The first-order valence-electron chi connectivity index (χ1n) is 5.66. The Morgan fingerprint density at radius 2 is 2.17 bits per heavy atom. The Morgan fingerprint density at radius 1 is 1.39 bits per heavy atom. The fourth-order valence-electron chi connectivity index (χ4n) is 1.74. The zero-order valence-corrected chi connectivity index (χ0v) is 11.8. The van der Waals surface area contributed by atoms with Crippen LogP contribution in [0.1, 0.15) is 30.2 Å². The lowest BCUT2D eigenvalue weighted by molar-refractivity contribution is 0.850. The fraction of sp³-hybridized carbons (Fsp3) is 0.333. The molecule has 0 saturated carbocycles. The standard InChI is InChI=1S/C12H15ClN4S/c1-7(2)10-11(14)16-6-17-12(10)15-5-8-3-4-9(13)18-8/h3-4,6-7H,5H2,1-2H3,(H3,14,15,16,17). The molecule has 0 bridgehead atoms. The second kappa shape index (κ2) is 5.54. The van der Waals surface area contributed by atoms with Crippen LogP contribution in [0.3, 0.4) is 0 Å². The highest BCUT2D eigenvalue weighted by Gasteiger charge is 2.12. The molecule has 0 radical (unpaired) electrons. The minimum Gasteiger partial charge on any atom is -0.383 e. The summed E-state index contributed by atoms with van der Waals surface area (Å²) in [6.45, 7) is 4.83. The van der Waals surface area contributed by atoms with Crippen LogP contribution in [0.5, 0.6) is 0 Å². The number of rotatable bonds is 4. The summed E-state index contributed by atoms with van der Waals surface area (Å²) < 4.78 is 0.790. The lowest BCUT2D eigenvalue weighted by atomic mass is 10.0. The second-order valence-electron chi connectivity index (χ2n) is 4.24. The van der Waals surface area contributed by atoms with E-state index in [1.54, 1.807) is 11.3 Å². The first-order valence-corrected chi connectivity index (χ1v) is 6.86. The van der Waals surface area contributed by atoms with Gasteiger partial charge in [0, 0.05) is 10.4 Å². The molecule has 4 nitrogen and oxygen atoms in total. The molecule has 0 spiro atoms. The van der Waals surface area contributed by atoms with Crippen molar-refractivity contribution in [3.8, 4) is 0 Å². The van der Waals surface area contributed by atoms with Crippen LogP contribution in [0.15, 0.2) is 18.5 Å². The van der Waals surface area contributed by atoms with Crippen LogP contribution in [0.25, 0.3) is 0 Å². The van der Waals surface area contributed by atoms with Gasteiger partial charge in [-0.05, 0) is 18.1 Å². The maximum absolute atomic E-state index is 5.89. The van der Waals surface area contributed by atoms with Gasteiger partial charge in [0.05, 0.1) is 10.9 Å². The molecular formula is C12H15ClN4S. The molecule has 0 aromatic carbocycles. The van der Waals surface area contributed by atoms with Crippen molar-refractivity contribution in [2.45, 2.75) is 26.3 Å². The number of nitrogens with zero attached hydrogens (tertiary/aromatic N) is 2. The molecule has 6 heteroatoms. The summed E-state index contributed by atoms with van der Waals surface area (Å²) in [6, 6.07) is 3.89. The van der Waals surface area contributed by atoms with Gasteiger partial charge in [-0.15, -0.1) is 11.3 Å². The third-order valence-corrected chi connectivity index (χ3v) is 3.78. The van der Waals surface area contributed by atoms with Crippen molar-refractivity contribution in [3.63, 3.8) is 0 Å². The molecule has 0 unspecified atom stereocenters. The number of hydrogen-bond donors (Lipinski definition) is 2. The molecule has 0 aliphatic carbocycles. The number of nitrogens with one attached hydrogen (secondary N) is 1. The van der Waals surface area contributed by atoms with Gasteiger partial charge >= 0.3 is 0 Å². The predicted octanol–water partition coefficient (Wildman–Crippen LogP) is 3.51. The highest BCUT2D eigenvalue weighted by Crippen LogP contribution is 2.27. The molecule has 2 aromatic rings. The van der Waals surface area contributed by atoms with Gasteiger partial charge in [-0.25, -0.2) is 9.97 Å². The Balaban J connectivity index is 2.16. The van der Waals surface area contributed by atoms with Crippen LogP contribution in [-0.2, 0) is 6.54 Å². The Kier molecular flexibility index (Phi) is 4.04. The second-order valence-corrected chi connectivity index (χ2v) is 6.03. The number of anilines is 2. The molecule has 0 aliphatic heterocycles. The van der Waals surface area contributed by atoms with E-state index in [2.05, 4.69) is 29.1 Å². The molecule has 3 N–H and O–H groups in total. The van der Waals surface area contributed by atoms with Gasteiger partial charge in [-0.1, -0.05) is 25.4 Å². The van der Waals surface area contributed by atoms with Crippen molar-refractivity contribution < 1.29 is 0 Å². The monoisotopic (exact) mass is 282 g/mol. The molecule has 2 aromatic heterocycles. The molecule has 0 fully saturated rings. The molecule has 2 heterocycles. The van der Waals surface area contributed by atoms with E-state index in [9.17, 15) is 0 Å². The van der Waals surface area contributed by atoms with Crippen LogP contribution in [0, 0.1) is 0 Å². The van der Waals surface area contributed by atoms with Crippen molar-refractivity contribution in [1.29, 1.82) is 0 Å². The van der Waals surface area contributed by atoms with Crippen LogP contribution >= 0.6 is 22.9 Å². The van der Waals surface area contributed by atoms with Crippen molar-refractivity contribution in [2.75, 3.05) is 11.1 Å².